The smallest absolute Gasteiger partial charge is 0.266 e. The van der Waals surface area contributed by atoms with Crippen LogP contribution in [0.15, 0.2) is 66.3 Å². The molecule has 2 aromatic rings. The Labute approximate surface area is 144 Å². The fourth-order valence-corrected chi connectivity index (χ4v) is 2.22. The van der Waals surface area contributed by atoms with Crippen LogP contribution in [0.25, 0.3) is 6.08 Å². The first-order valence-corrected chi connectivity index (χ1v) is 7.45. The van der Waals surface area contributed by atoms with Crippen LogP contribution >= 0.6 is 23.2 Å². The third-order valence-electron chi connectivity index (χ3n) is 2.90. The quantitative estimate of drug-likeness (QED) is 0.477. The zero-order valence-electron chi connectivity index (χ0n) is 12.0. The molecule has 1 N–H and O–H groups in total. The van der Waals surface area contributed by atoms with Crippen molar-refractivity contribution in [2.75, 3.05) is 5.32 Å². The third kappa shape index (κ3) is 5.00. The van der Waals surface area contributed by atoms with E-state index < -0.39 is 5.91 Å². The lowest BCUT2D eigenvalue weighted by Gasteiger charge is -2.06. The Kier molecular flexibility index (Phi) is 5.99. The monoisotopic (exact) mass is 342 g/mol. The molecule has 0 atom stereocenters. The summed E-state index contributed by atoms with van der Waals surface area (Å²) in [6, 6.07) is 16.1. The Morgan fingerprint density at radius 2 is 1.87 bits per heavy atom. The highest BCUT2D eigenvalue weighted by molar-refractivity contribution is 6.36. The van der Waals surface area contributed by atoms with Crippen molar-refractivity contribution in [1.29, 1.82) is 5.26 Å². The Balaban J connectivity index is 2.11. The van der Waals surface area contributed by atoms with Crippen molar-refractivity contribution in [1.82, 2.24) is 0 Å². The average Bonchev–Trinajstić information content (AvgIpc) is 2.55. The molecule has 1 amide bonds. The van der Waals surface area contributed by atoms with E-state index in [0.29, 0.717) is 15.7 Å². The van der Waals surface area contributed by atoms with Gasteiger partial charge in [0.25, 0.3) is 5.91 Å². The highest BCUT2D eigenvalue weighted by Crippen LogP contribution is 2.25. The summed E-state index contributed by atoms with van der Waals surface area (Å²) in [7, 11) is 0. The summed E-state index contributed by atoms with van der Waals surface area (Å²) in [6.45, 7) is 0. The zero-order chi connectivity index (χ0) is 16.7. The van der Waals surface area contributed by atoms with Crippen LogP contribution < -0.4 is 5.32 Å². The van der Waals surface area contributed by atoms with Crippen LogP contribution in [-0.2, 0) is 4.79 Å². The van der Waals surface area contributed by atoms with Crippen LogP contribution in [0.3, 0.4) is 0 Å². The van der Waals surface area contributed by atoms with E-state index in [0.717, 1.165) is 5.56 Å². The summed E-state index contributed by atoms with van der Waals surface area (Å²) in [5.41, 5.74) is 1.35. The van der Waals surface area contributed by atoms with Crippen LogP contribution in [-0.4, -0.2) is 5.91 Å². The number of hydrogen-bond donors (Lipinski definition) is 1. The van der Waals surface area contributed by atoms with Gasteiger partial charge in [0.1, 0.15) is 11.6 Å². The number of benzene rings is 2. The maximum atomic E-state index is 12.1. The van der Waals surface area contributed by atoms with Crippen molar-refractivity contribution in [3.63, 3.8) is 0 Å². The van der Waals surface area contributed by atoms with Gasteiger partial charge >= 0.3 is 0 Å². The van der Waals surface area contributed by atoms with E-state index in [2.05, 4.69) is 5.32 Å². The molecule has 0 saturated heterocycles. The number of anilines is 1. The fraction of sp³-hybridized carbons (Fsp3) is 0. The van der Waals surface area contributed by atoms with Gasteiger partial charge in [-0.25, -0.2) is 0 Å². The van der Waals surface area contributed by atoms with Crippen LogP contribution in [0.1, 0.15) is 5.56 Å². The van der Waals surface area contributed by atoms with Crippen molar-refractivity contribution in [2.24, 2.45) is 0 Å². The molecule has 2 aromatic carbocycles. The normalized spacial score (nSPS) is 11.3. The molecule has 0 radical (unpaired) electrons. The number of amides is 1. The topological polar surface area (TPSA) is 52.9 Å². The number of rotatable bonds is 4. The number of carbonyl (C=O) groups is 1. The van der Waals surface area contributed by atoms with Gasteiger partial charge in [-0.3, -0.25) is 4.79 Å². The van der Waals surface area contributed by atoms with Crippen LogP contribution in [0.4, 0.5) is 5.69 Å². The summed E-state index contributed by atoms with van der Waals surface area (Å²) in [4.78, 5) is 12.1. The second-order valence-corrected chi connectivity index (χ2v) is 5.38. The van der Waals surface area contributed by atoms with Crippen molar-refractivity contribution < 1.29 is 4.79 Å². The molecule has 0 fully saturated rings. The molecule has 0 bridgehead atoms. The van der Waals surface area contributed by atoms with Gasteiger partial charge in [-0.05, 0) is 29.8 Å². The summed E-state index contributed by atoms with van der Waals surface area (Å²) in [5.74, 6) is -0.533. The molecule has 0 aliphatic carbocycles. The predicted molar refractivity (Wildman–Crippen MR) is 94.3 cm³/mol. The third-order valence-corrected chi connectivity index (χ3v) is 3.44. The van der Waals surface area contributed by atoms with Crippen LogP contribution in [0, 0.1) is 11.3 Å². The van der Waals surface area contributed by atoms with E-state index >= 15 is 0 Å². The molecule has 0 unspecified atom stereocenters. The highest BCUT2D eigenvalue weighted by atomic mass is 35.5. The number of nitriles is 1. The molecule has 23 heavy (non-hydrogen) atoms. The molecule has 3 nitrogen and oxygen atoms in total. The Hall–Kier alpha value is -2.54. The minimum absolute atomic E-state index is 0.0248. The molecular weight excluding hydrogens is 331 g/mol. The molecule has 0 aliphatic heterocycles. The first-order valence-electron chi connectivity index (χ1n) is 6.70. The van der Waals surface area contributed by atoms with E-state index in [9.17, 15) is 4.79 Å². The van der Waals surface area contributed by atoms with Gasteiger partial charge in [0.2, 0.25) is 0 Å². The van der Waals surface area contributed by atoms with Gasteiger partial charge < -0.3 is 5.32 Å². The minimum atomic E-state index is -0.533. The van der Waals surface area contributed by atoms with Gasteiger partial charge in [0.15, 0.2) is 0 Å². The Morgan fingerprint density at radius 3 is 2.52 bits per heavy atom. The first kappa shape index (κ1) is 16.8. The van der Waals surface area contributed by atoms with Crippen molar-refractivity contribution in [2.45, 2.75) is 0 Å². The number of hydrogen-bond acceptors (Lipinski definition) is 2. The molecule has 0 saturated carbocycles. The number of allylic oxidation sites excluding steroid dienone is 2. The molecule has 5 heteroatoms. The van der Waals surface area contributed by atoms with Crippen molar-refractivity contribution in [3.05, 3.63) is 81.9 Å². The lowest BCUT2D eigenvalue weighted by Crippen LogP contribution is -2.13. The maximum absolute atomic E-state index is 12.1. The number of carbonyl (C=O) groups excluding carboxylic acids is 1. The molecule has 0 heterocycles. The minimum Gasteiger partial charge on any atom is -0.320 e. The Bertz CT molecular complexity index is 806. The average molecular weight is 343 g/mol. The summed E-state index contributed by atoms with van der Waals surface area (Å²) >= 11 is 11.8. The number of halogens is 2. The molecule has 0 spiro atoms. The van der Waals surface area contributed by atoms with Crippen molar-refractivity contribution in [3.8, 4) is 6.07 Å². The Morgan fingerprint density at radius 1 is 1.13 bits per heavy atom. The number of nitrogens with one attached hydrogen (secondary N) is 1. The molecule has 2 rings (SSSR count). The van der Waals surface area contributed by atoms with Gasteiger partial charge in [0.05, 0.1) is 10.7 Å². The largest absolute Gasteiger partial charge is 0.320 e. The summed E-state index contributed by atoms with van der Waals surface area (Å²) < 4.78 is 0. The van der Waals surface area contributed by atoms with E-state index in [4.69, 9.17) is 28.5 Å². The van der Waals surface area contributed by atoms with Gasteiger partial charge in [-0.15, -0.1) is 0 Å². The van der Waals surface area contributed by atoms with Crippen LogP contribution in [0.5, 0.6) is 0 Å². The zero-order valence-corrected chi connectivity index (χ0v) is 13.5. The molecule has 114 valence electrons. The molecule has 0 aromatic heterocycles. The van der Waals surface area contributed by atoms with E-state index in [-0.39, 0.29) is 5.57 Å². The van der Waals surface area contributed by atoms with E-state index in [1.165, 1.54) is 12.1 Å². The predicted octanol–water partition coefficient (Wildman–Crippen LogP) is 5.10. The maximum Gasteiger partial charge on any atom is 0.266 e. The highest BCUT2D eigenvalue weighted by Gasteiger charge is 2.10. The summed E-state index contributed by atoms with van der Waals surface area (Å²) in [5, 5.41) is 12.5. The lowest BCUT2D eigenvalue weighted by atomic mass is 10.2. The first-order chi connectivity index (χ1) is 11.1. The van der Waals surface area contributed by atoms with Crippen LogP contribution in [0.2, 0.25) is 10.0 Å². The van der Waals surface area contributed by atoms with Gasteiger partial charge in [-0.1, -0.05) is 65.7 Å². The number of nitrogens with zero attached hydrogens (tertiary/aromatic N) is 1. The molecule has 0 aliphatic rings. The SMILES string of the molecule is N#C/C(=C\C=C\c1ccccc1)C(=O)Nc1ccc(Cl)cc1Cl. The van der Waals surface area contributed by atoms with Crippen molar-refractivity contribution >= 4 is 40.9 Å². The molecular formula is C18H12Cl2N2O. The summed E-state index contributed by atoms with van der Waals surface area (Å²) in [6.07, 6.45) is 4.91. The van der Waals surface area contributed by atoms with Gasteiger partial charge in [0, 0.05) is 5.02 Å². The lowest BCUT2D eigenvalue weighted by molar-refractivity contribution is -0.112. The van der Waals surface area contributed by atoms with Gasteiger partial charge in [-0.2, -0.15) is 5.26 Å². The second kappa shape index (κ2) is 8.19. The fourth-order valence-electron chi connectivity index (χ4n) is 1.76. The standard InChI is InChI=1S/C18H12Cl2N2O/c19-15-9-10-17(16(20)11-15)22-18(23)14(12-21)8-4-7-13-5-2-1-3-6-13/h1-11H,(H,22,23)/b7-4+,14-8+. The van der Waals surface area contributed by atoms with E-state index in [1.54, 1.807) is 24.3 Å². The second-order valence-electron chi connectivity index (χ2n) is 4.54. The van der Waals surface area contributed by atoms with E-state index in [1.807, 2.05) is 36.4 Å².